The third-order valence-electron chi connectivity index (χ3n) is 2.89. The molecule has 0 saturated carbocycles. The van der Waals surface area contributed by atoms with Crippen LogP contribution in [0.1, 0.15) is 30.6 Å². The van der Waals surface area contributed by atoms with E-state index in [1.165, 1.54) is 4.90 Å². The van der Waals surface area contributed by atoms with Crippen LogP contribution in [-0.4, -0.2) is 34.4 Å². The summed E-state index contributed by atoms with van der Waals surface area (Å²) < 4.78 is 39.7. The van der Waals surface area contributed by atoms with Crippen molar-refractivity contribution in [2.45, 2.75) is 26.3 Å². The zero-order valence-electron chi connectivity index (χ0n) is 11.6. The van der Waals surface area contributed by atoms with E-state index in [4.69, 9.17) is 10.9 Å². The lowest BCUT2D eigenvalue weighted by molar-refractivity contribution is 0.0704. The highest BCUT2D eigenvalue weighted by molar-refractivity contribution is 5.95. The van der Waals surface area contributed by atoms with Gasteiger partial charge in [0.2, 0.25) is 0 Å². The maximum Gasteiger partial charge on any atom is 0.257 e. The Labute approximate surface area is 119 Å². The minimum atomic E-state index is -1.69. The van der Waals surface area contributed by atoms with E-state index in [1.54, 1.807) is 13.8 Å². The Bertz CT molecular complexity index is 562. The van der Waals surface area contributed by atoms with Crippen molar-refractivity contribution < 1.29 is 23.2 Å². The van der Waals surface area contributed by atoms with E-state index in [9.17, 15) is 18.0 Å². The van der Waals surface area contributed by atoms with E-state index in [2.05, 4.69) is 5.16 Å². The van der Waals surface area contributed by atoms with Gasteiger partial charge >= 0.3 is 0 Å². The quantitative estimate of drug-likeness (QED) is 0.287. The van der Waals surface area contributed by atoms with Crippen molar-refractivity contribution in [3.05, 3.63) is 35.1 Å². The van der Waals surface area contributed by atoms with E-state index >= 15 is 0 Å². The molecule has 0 radical (unpaired) electrons. The summed E-state index contributed by atoms with van der Waals surface area (Å²) in [6.45, 7) is 3.38. The van der Waals surface area contributed by atoms with Crippen LogP contribution in [-0.2, 0) is 0 Å². The molecule has 0 aliphatic heterocycles. The number of amidine groups is 1. The number of rotatable bonds is 5. The summed E-state index contributed by atoms with van der Waals surface area (Å²) in [5, 5.41) is 11.2. The van der Waals surface area contributed by atoms with Crippen molar-refractivity contribution in [1.82, 2.24) is 4.90 Å². The topological polar surface area (TPSA) is 78.9 Å². The van der Waals surface area contributed by atoms with Crippen molar-refractivity contribution >= 4 is 11.7 Å². The number of hydrogen-bond donors (Lipinski definition) is 2. The van der Waals surface area contributed by atoms with Gasteiger partial charge in [0.1, 0.15) is 5.84 Å². The molecular formula is C13H16F3N3O2. The predicted octanol–water partition coefficient (Wildman–Crippen LogP) is 2.09. The van der Waals surface area contributed by atoms with Crippen molar-refractivity contribution in [1.29, 1.82) is 0 Å². The molecule has 0 aliphatic carbocycles. The Kier molecular flexibility index (Phi) is 5.57. The second-order valence-electron chi connectivity index (χ2n) is 4.66. The van der Waals surface area contributed by atoms with Crippen LogP contribution in [0.3, 0.4) is 0 Å². The molecule has 0 fully saturated rings. The molecule has 21 heavy (non-hydrogen) atoms. The van der Waals surface area contributed by atoms with Crippen LogP contribution in [0.15, 0.2) is 17.3 Å². The minimum Gasteiger partial charge on any atom is -0.409 e. The van der Waals surface area contributed by atoms with Crippen molar-refractivity contribution in [2.24, 2.45) is 10.9 Å². The molecule has 0 bridgehead atoms. The molecule has 1 aromatic carbocycles. The zero-order valence-corrected chi connectivity index (χ0v) is 11.6. The smallest absolute Gasteiger partial charge is 0.257 e. The molecule has 8 heteroatoms. The van der Waals surface area contributed by atoms with E-state index in [0.717, 1.165) is 6.07 Å². The molecule has 0 unspecified atom stereocenters. The first kappa shape index (κ1) is 16.8. The van der Waals surface area contributed by atoms with Gasteiger partial charge in [0.15, 0.2) is 17.5 Å². The van der Waals surface area contributed by atoms with E-state index in [-0.39, 0.29) is 24.8 Å². The minimum absolute atomic E-state index is 0.0465. The van der Waals surface area contributed by atoms with Gasteiger partial charge in [0.25, 0.3) is 5.91 Å². The summed E-state index contributed by atoms with van der Waals surface area (Å²) in [5.74, 6) is -5.49. The second-order valence-corrected chi connectivity index (χ2v) is 4.66. The summed E-state index contributed by atoms with van der Waals surface area (Å²) in [4.78, 5) is 13.4. The SMILES string of the molecule is CC(C)N(CCC(N)=NO)C(=O)c1ccc(F)c(F)c1F. The molecule has 0 saturated heterocycles. The Morgan fingerprint density at radius 3 is 2.48 bits per heavy atom. The number of carbonyl (C=O) groups is 1. The fourth-order valence-electron chi connectivity index (χ4n) is 1.73. The summed E-state index contributed by atoms with van der Waals surface area (Å²) in [5.41, 5.74) is 4.74. The van der Waals surface area contributed by atoms with Gasteiger partial charge in [-0.15, -0.1) is 0 Å². The fraction of sp³-hybridized carbons (Fsp3) is 0.385. The van der Waals surface area contributed by atoms with Gasteiger partial charge in [-0.1, -0.05) is 5.16 Å². The number of carbonyl (C=O) groups excluding carboxylic acids is 1. The average Bonchev–Trinajstić information content (AvgIpc) is 2.44. The summed E-state index contributed by atoms with van der Waals surface area (Å²) in [6.07, 6.45) is 0.0612. The molecule has 3 N–H and O–H groups in total. The largest absolute Gasteiger partial charge is 0.409 e. The molecule has 0 atom stereocenters. The molecule has 1 rings (SSSR count). The van der Waals surface area contributed by atoms with Gasteiger partial charge < -0.3 is 15.8 Å². The monoisotopic (exact) mass is 303 g/mol. The zero-order chi connectivity index (χ0) is 16.2. The summed E-state index contributed by atoms with van der Waals surface area (Å²) in [6, 6.07) is 1.24. The molecular weight excluding hydrogens is 287 g/mol. The Morgan fingerprint density at radius 1 is 1.33 bits per heavy atom. The third kappa shape index (κ3) is 3.87. The first-order chi connectivity index (χ1) is 9.79. The van der Waals surface area contributed by atoms with Crippen LogP contribution in [0, 0.1) is 17.5 Å². The van der Waals surface area contributed by atoms with Gasteiger partial charge in [-0.3, -0.25) is 4.79 Å². The van der Waals surface area contributed by atoms with Gasteiger partial charge in [-0.25, -0.2) is 13.2 Å². The Hall–Kier alpha value is -2.25. The summed E-state index contributed by atoms with van der Waals surface area (Å²) in [7, 11) is 0. The van der Waals surface area contributed by atoms with Crippen LogP contribution >= 0.6 is 0 Å². The van der Waals surface area contributed by atoms with Crippen molar-refractivity contribution in [2.75, 3.05) is 6.54 Å². The van der Waals surface area contributed by atoms with Gasteiger partial charge in [-0.2, -0.15) is 0 Å². The number of nitrogens with two attached hydrogens (primary N) is 1. The lowest BCUT2D eigenvalue weighted by Crippen LogP contribution is -2.39. The van der Waals surface area contributed by atoms with Crippen LogP contribution < -0.4 is 5.73 Å². The number of nitrogens with zero attached hydrogens (tertiary/aromatic N) is 2. The average molecular weight is 303 g/mol. The number of halogens is 3. The molecule has 1 aromatic rings. The van der Waals surface area contributed by atoms with Crippen LogP contribution in [0.4, 0.5) is 13.2 Å². The number of oxime groups is 1. The van der Waals surface area contributed by atoms with Crippen LogP contribution in [0.2, 0.25) is 0 Å². The fourth-order valence-corrected chi connectivity index (χ4v) is 1.73. The number of amides is 1. The maximum absolute atomic E-state index is 13.7. The highest BCUT2D eigenvalue weighted by atomic mass is 19.2. The second kappa shape index (κ2) is 6.96. The Balaban J connectivity index is 3.04. The van der Waals surface area contributed by atoms with Crippen molar-refractivity contribution in [3.8, 4) is 0 Å². The van der Waals surface area contributed by atoms with Gasteiger partial charge in [-0.05, 0) is 26.0 Å². The first-order valence-corrected chi connectivity index (χ1v) is 6.20. The summed E-state index contributed by atoms with van der Waals surface area (Å²) >= 11 is 0. The highest BCUT2D eigenvalue weighted by Crippen LogP contribution is 2.18. The van der Waals surface area contributed by atoms with E-state index in [0.29, 0.717) is 6.07 Å². The molecule has 116 valence electrons. The highest BCUT2D eigenvalue weighted by Gasteiger charge is 2.25. The van der Waals surface area contributed by atoms with E-state index < -0.39 is 28.9 Å². The lowest BCUT2D eigenvalue weighted by Gasteiger charge is -2.26. The normalized spacial score (nSPS) is 11.8. The third-order valence-corrected chi connectivity index (χ3v) is 2.89. The lowest BCUT2D eigenvalue weighted by atomic mass is 10.1. The molecule has 0 aromatic heterocycles. The van der Waals surface area contributed by atoms with Gasteiger partial charge in [0.05, 0.1) is 5.56 Å². The molecule has 0 aliphatic rings. The van der Waals surface area contributed by atoms with Crippen molar-refractivity contribution in [3.63, 3.8) is 0 Å². The standard InChI is InChI=1S/C13H16F3N3O2/c1-7(2)19(6-5-10(17)18-21)13(20)8-3-4-9(14)12(16)11(8)15/h3-4,7,21H,5-6H2,1-2H3,(H2,17,18). The Morgan fingerprint density at radius 2 is 1.95 bits per heavy atom. The molecule has 0 spiro atoms. The van der Waals surface area contributed by atoms with Crippen LogP contribution in [0.25, 0.3) is 0 Å². The van der Waals surface area contributed by atoms with Crippen LogP contribution in [0.5, 0.6) is 0 Å². The first-order valence-electron chi connectivity index (χ1n) is 6.20. The number of hydrogen-bond acceptors (Lipinski definition) is 3. The van der Waals surface area contributed by atoms with Gasteiger partial charge in [0, 0.05) is 19.0 Å². The maximum atomic E-state index is 13.7. The molecule has 0 heterocycles. The number of benzene rings is 1. The van der Waals surface area contributed by atoms with E-state index in [1.807, 2.05) is 0 Å². The predicted molar refractivity (Wildman–Crippen MR) is 70.5 cm³/mol. The molecule has 1 amide bonds. The molecule has 5 nitrogen and oxygen atoms in total.